The van der Waals surface area contributed by atoms with Gasteiger partial charge in [0.25, 0.3) is 0 Å². The lowest BCUT2D eigenvalue weighted by Crippen LogP contribution is -2.51. The Balaban J connectivity index is 1.76. The molecule has 1 heterocycles. The number of alkyl carbamates (subject to hydrolysis) is 1. The van der Waals surface area contributed by atoms with Gasteiger partial charge in [-0.2, -0.15) is 5.06 Å². The number of benzene rings is 1. The second-order valence-corrected chi connectivity index (χ2v) is 7.71. The zero-order valence-corrected chi connectivity index (χ0v) is 14.6. The molecule has 1 aliphatic carbocycles. The number of ether oxygens (including phenoxy) is 1. The van der Waals surface area contributed by atoms with Gasteiger partial charge in [-0.3, -0.25) is 0 Å². The van der Waals surface area contributed by atoms with E-state index in [1.54, 1.807) is 0 Å². The largest absolute Gasteiger partial charge is 0.444 e. The van der Waals surface area contributed by atoms with Crippen molar-refractivity contribution in [3.63, 3.8) is 0 Å². The normalized spacial score (nSPS) is 24.5. The van der Waals surface area contributed by atoms with Crippen molar-refractivity contribution >= 4 is 11.8 Å². The van der Waals surface area contributed by atoms with Crippen LogP contribution in [0.15, 0.2) is 24.3 Å². The highest BCUT2D eigenvalue weighted by atomic mass is 16.6. The van der Waals surface area contributed by atoms with Crippen molar-refractivity contribution in [1.82, 2.24) is 10.4 Å². The van der Waals surface area contributed by atoms with Gasteiger partial charge in [0, 0.05) is 5.69 Å². The van der Waals surface area contributed by atoms with Gasteiger partial charge in [0.15, 0.2) is 0 Å². The maximum atomic E-state index is 12.1. The second kappa shape index (κ2) is 6.61. The Morgan fingerprint density at radius 3 is 2.75 bits per heavy atom. The monoisotopic (exact) mass is 333 g/mol. The van der Waals surface area contributed by atoms with Crippen molar-refractivity contribution in [2.45, 2.75) is 57.8 Å². The van der Waals surface area contributed by atoms with Gasteiger partial charge in [-0.15, -0.1) is 0 Å². The number of para-hydroxylation sites is 1. The fourth-order valence-electron chi connectivity index (χ4n) is 3.07. The SMILES string of the molecule is CC(C)(C)OC(=O)NC1CNc2ccccc2C(CC2CC2)N1O. The van der Waals surface area contributed by atoms with Crippen LogP contribution >= 0.6 is 0 Å². The number of hydrogen-bond acceptors (Lipinski definition) is 5. The molecule has 132 valence electrons. The first-order valence-corrected chi connectivity index (χ1v) is 8.63. The molecule has 0 spiro atoms. The number of amides is 1. The molecule has 3 N–H and O–H groups in total. The molecule has 0 saturated heterocycles. The molecule has 6 heteroatoms. The standard InChI is InChI=1S/C18H27N3O3/c1-18(2,3)24-17(22)20-16-11-19-14-7-5-4-6-13(14)15(21(16)23)10-12-8-9-12/h4-7,12,15-16,19,23H,8-11H2,1-3H3,(H,20,22). The molecule has 1 aromatic carbocycles. The summed E-state index contributed by atoms with van der Waals surface area (Å²) >= 11 is 0. The molecule has 0 aromatic heterocycles. The number of rotatable bonds is 3. The molecule has 1 aliphatic heterocycles. The van der Waals surface area contributed by atoms with Crippen LogP contribution in [-0.4, -0.2) is 34.7 Å². The molecule has 1 amide bonds. The van der Waals surface area contributed by atoms with E-state index in [0.717, 1.165) is 17.7 Å². The number of hydroxylamine groups is 2. The summed E-state index contributed by atoms with van der Waals surface area (Å²) in [5.74, 6) is 0.651. The van der Waals surface area contributed by atoms with Crippen LogP contribution in [0.25, 0.3) is 0 Å². The summed E-state index contributed by atoms with van der Waals surface area (Å²) in [6.45, 7) is 5.87. The van der Waals surface area contributed by atoms with E-state index in [9.17, 15) is 10.0 Å². The Kier molecular flexibility index (Phi) is 4.69. The maximum absolute atomic E-state index is 12.1. The van der Waals surface area contributed by atoms with Crippen LogP contribution in [0.1, 0.15) is 51.6 Å². The average molecular weight is 333 g/mol. The molecular weight excluding hydrogens is 306 g/mol. The second-order valence-electron chi connectivity index (χ2n) is 7.71. The summed E-state index contributed by atoms with van der Waals surface area (Å²) in [5, 5.41) is 18.2. The number of nitrogens with zero attached hydrogens (tertiary/aromatic N) is 1. The van der Waals surface area contributed by atoms with Crippen molar-refractivity contribution in [1.29, 1.82) is 0 Å². The van der Waals surface area contributed by atoms with Crippen molar-refractivity contribution in [2.24, 2.45) is 5.92 Å². The van der Waals surface area contributed by atoms with Crippen LogP contribution < -0.4 is 10.6 Å². The van der Waals surface area contributed by atoms with Gasteiger partial charge >= 0.3 is 6.09 Å². The molecule has 2 atom stereocenters. The molecular formula is C18H27N3O3. The van der Waals surface area contributed by atoms with Crippen LogP contribution in [0.4, 0.5) is 10.5 Å². The van der Waals surface area contributed by atoms with Crippen molar-refractivity contribution in [3.8, 4) is 0 Å². The summed E-state index contributed by atoms with van der Waals surface area (Å²) in [6.07, 6.45) is 2.25. The lowest BCUT2D eigenvalue weighted by Gasteiger charge is -2.32. The third-order valence-corrected chi connectivity index (χ3v) is 4.38. The molecule has 2 unspecified atom stereocenters. The van der Waals surface area contributed by atoms with Crippen molar-refractivity contribution in [2.75, 3.05) is 11.9 Å². The summed E-state index contributed by atoms with van der Waals surface area (Å²) in [7, 11) is 0. The Morgan fingerprint density at radius 2 is 2.08 bits per heavy atom. The summed E-state index contributed by atoms with van der Waals surface area (Å²) in [6, 6.07) is 7.87. The quantitative estimate of drug-likeness (QED) is 0.789. The van der Waals surface area contributed by atoms with Gasteiger partial charge in [0.05, 0.1) is 12.6 Å². The van der Waals surface area contributed by atoms with Gasteiger partial charge in [0.2, 0.25) is 0 Å². The lowest BCUT2D eigenvalue weighted by atomic mass is 9.99. The Hall–Kier alpha value is -1.79. The number of hydrogen-bond donors (Lipinski definition) is 3. The van der Waals surface area contributed by atoms with Crippen LogP contribution in [0.3, 0.4) is 0 Å². The highest BCUT2D eigenvalue weighted by molar-refractivity contribution is 5.68. The summed E-state index contributed by atoms with van der Waals surface area (Å²) < 4.78 is 5.32. The van der Waals surface area contributed by atoms with E-state index >= 15 is 0 Å². The minimum absolute atomic E-state index is 0.136. The van der Waals surface area contributed by atoms with Gasteiger partial charge in [-0.05, 0) is 44.7 Å². The lowest BCUT2D eigenvalue weighted by molar-refractivity contribution is -0.166. The molecule has 2 aliphatic rings. The predicted octanol–water partition coefficient (Wildman–Crippen LogP) is 3.50. The van der Waals surface area contributed by atoms with Crippen molar-refractivity contribution in [3.05, 3.63) is 29.8 Å². The molecule has 3 rings (SSSR count). The Bertz CT molecular complexity index is 595. The molecule has 1 fully saturated rings. The third-order valence-electron chi connectivity index (χ3n) is 4.38. The number of nitrogens with one attached hydrogen (secondary N) is 2. The van der Waals surface area contributed by atoms with Crippen molar-refractivity contribution < 1.29 is 14.7 Å². The van der Waals surface area contributed by atoms with E-state index in [2.05, 4.69) is 10.6 Å². The van der Waals surface area contributed by atoms with Crippen LogP contribution in [0, 0.1) is 5.92 Å². The van der Waals surface area contributed by atoms with Gasteiger partial charge in [-0.1, -0.05) is 31.0 Å². The van der Waals surface area contributed by atoms with E-state index < -0.39 is 17.9 Å². The van der Waals surface area contributed by atoms with Crippen LogP contribution in [0.5, 0.6) is 0 Å². The smallest absolute Gasteiger partial charge is 0.409 e. The molecule has 1 saturated carbocycles. The highest BCUT2D eigenvalue weighted by Gasteiger charge is 2.36. The van der Waals surface area contributed by atoms with E-state index in [0.29, 0.717) is 12.5 Å². The fourth-order valence-corrected chi connectivity index (χ4v) is 3.07. The Morgan fingerprint density at radius 1 is 1.38 bits per heavy atom. The average Bonchev–Trinajstić information content (AvgIpc) is 3.31. The zero-order valence-electron chi connectivity index (χ0n) is 14.6. The summed E-state index contributed by atoms with van der Waals surface area (Å²) in [4.78, 5) is 12.1. The van der Waals surface area contributed by atoms with Gasteiger partial charge < -0.3 is 20.6 Å². The first-order valence-electron chi connectivity index (χ1n) is 8.63. The first kappa shape index (κ1) is 17.0. The molecule has 1 aromatic rings. The minimum atomic E-state index is -0.571. The number of carbonyl (C=O) groups is 1. The van der Waals surface area contributed by atoms with E-state index in [1.807, 2.05) is 45.0 Å². The highest BCUT2D eigenvalue weighted by Crippen LogP contribution is 2.42. The molecule has 0 radical (unpaired) electrons. The van der Waals surface area contributed by atoms with Gasteiger partial charge in [0.1, 0.15) is 11.8 Å². The number of fused-ring (bicyclic) bond motifs is 1. The van der Waals surface area contributed by atoms with E-state index in [1.165, 1.54) is 17.9 Å². The predicted molar refractivity (Wildman–Crippen MR) is 91.8 cm³/mol. The van der Waals surface area contributed by atoms with E-state index in [-0.39, 0.29) is 6.04 Å². The van der Waals surface area contributed by atoms with Crippen LogP contribution in [0.2, 0.25) is 0 Å². The zero-order chi connectivity index (χ0) is 17.3. The van der Waals surface area contributed by atoms with Crippen LogP contribution in [-0.2, 0) is 4.74 Å². The molecule has 0 bridgehead atoms. The topological polar surface area (TPSA) is 73.8 Å². The molecule has 24 heavy (non-hydrogen) atoms. The summed E-state index contributed by atoms with van der Waals surface area (Å²) in [5.41, 5.74) is 1.51. The third kappa shape index (κ3) is 4.19. The van der Waals surface area contributed by atoms with Gasteiger partial charge in [-0.25, -0.2) is 4.79 Å². The first-order chi connectivity index (χ1) is 11.3. The number of anilines is 1. The number of carbonyl (C=O) groups excluding carboxylic acids is 1. The maximum Gasteiger partial charge on any atom is 0.409 e. The fraction of sp³-hybridized carbons (Fsp3) is 0.611. The van der Waals surface area contributed by atoms with E-state index in [4.69, 9.17) is 4.74 Å². The molecule has 6 nitrogen and oxygen atoms in total. The minimum Gasteiger partial charge on any atom is -0.444 e. The Labute approximate surface area is 143 Å².